The number of nitrogens with zero attached hydrogens (tertiary/aromatic N) is 3. The van der Waals surface area contributed by atoms with Crippen molar-refractivity contribution in [2.45, 2.75) is 26.2 Å². The van der Waals surface area contributed by atoms with E-state index in [9.17, 15) is 14.0 Å². The lowest BCUT2D eigenvalue weighted by atomic mass is 10.0. The van der Waals surface area contributed by atoms with Crippen LogP contribution in [0, 0.1) is 24.0 Å². The van der Waals surface area contributed by atoms with E-state index in [1.54, 1.807) is 13.1 Å². The van der Waals surface area contributed by atoms with Crippen LogP contribution in [0.3, 0.4) is 0 Å². The third kappa shape index (κ3) is 5.36. The van der Waals surface area contributed by atoms with E-state index in [4.69, 9.17) is 14.6 Å². The molecule has 0 atom stereocenters. The number of aliphatic hydroxyl groups is 1. The summed E-state index contributed by atoms with van der Waals surface area (Å²) in [6.45, 7) is 2.10. The fourth-order valence-corrected chi connectivity index (χ4v) is 4.05. The van der Waals surface area contributed by atoms with Gasteiger partial charge in [-0.3, -0.25) is 9.59 Å². The average molecular weight is 538 g/mol. The van der Waals surface area contributed by atoms with Gasteiger partial charge in [-0.2, -0.15) is 10.1 Å². The Labute approximate surface area is 221 Å². The van der Waals surface area contributed by atoms with Gasteiger partial charge in [0.25, 0.3) is 0 Å². The molecule has 1 aliphatic carbocycles. The van der Waals surface area contributed by atoms with Crippen molar-refractivity contribution in [3.8, 4) is 17.4 Å². The second-order valence-electron chi connectivity index (χ2n) is 9.15. The van der Waals surface area contributed by atoms with Gasteiger partial charge < -0.3 is 25.2 Å². The Bertz CT molecular complexity index is 1540. The van der Waals surface area contributed by atoms with E-state index in [0.29, 0.717) is 48.4 Å². The van der Waals surface area contributed by atoms with Crippen molar-refractivity contribution in [2.75, 3.05) is 23.8 Å². The molecular weight excluding hydrogens is 512 g/mol. The Kier molecular flexibility index (Phi) is 7.11. The minimum Gasteiger partial charge on any atom is -0.492 e. The van der Waals surface area contributed by atoms with E-state index in [0.717, 1.165) is 6.07 Å². The first-order valence-corrected chi connectivity index (χ1v) is 12.2. The first kappa shape index (κ1) is 26.0. The lowest BCUT2D eigenvalue weighted by Gasteiger charge is -2.16. The number of aryl methyl sites for hydroxylation is 1. The second kappa shape index (κ2) is 10.7. The third-order valence-corrected chi connectivity index (χ3v) is 6.42. The minimum absolute atomic E-state index is 0.000485. The molecule has 12 heteroatoms. The Balaban J connectivity index is 1.28. The minimum atomic E-state index is -1.28. The SMILES string of the molecule is Cc1c(OCCCO)cn2ncnc(Oc3ccc(NC(=O)C4(C(=O)Nc5ccc(F)cc5)CC4)cc3F)c12. The van der Waals surface area contributed by atoms with Gasteiger partial charge in [-0.1, -0.05) is 0 Å². The Morgan fingerprint density at radius 2 is 1.74 bits per heavy atom. The van der Waals surface area contributed by atoms with Crippen LogP contribution in [0.25, 0.3) is 5.52 Å². The Morgan fingerprint density at radius 1 is 1.05 bits per heavy atom. The van der Waals surface area contributed by atoms with Gasteiger partial charge in [0.05, 0.1) is 12.8 Å². The van der Waals surface area contributed by atoms with E-state index in [2.05, 4.69) is 20.7 Å². The molecule has 0 bridgehead atoms. The van der Waals surface area contributed by atoms with Crippen molar-refractivity contribution in [3.63, 3.8) is 0 Å². The lowest BCUT2D eigenvalue weighted by molar-refractivity contribution is -0.131. The van der Waals surface area contributed by atoms with E-state index < -0.39 is 28.9 Å². The highest BCUT2D eigenvalue weighted by molar-refractivity contribution is 6.16. The first-order chi connectivity index (χ1) is 18.8. The monoisotopic (exact) mass is 537 g/mol. The summed E-state index contributed by atoms with van der Waals surface area (Å²) in [6.07, 6.45) is 4.04. The molecule has 39 heavy (non-hydrogen) atoms. The lowest BCUT2D eigenvalue weighted by Crippen LogP contribution is -2.35. The molecule has 0 unspecified atom stereocenters. The summed E-state index contributed by atoms with van der Waals surface area (Å²) in [4.78, 5) is 29.8. The predicted octanol–water partition coefficient (Wildman–Crippen LogP) is 4.23. The summed E-state index contributed by atoms with van der Waals surface area (Å²) in [5.41, 5.74) is 0.402. The molecule has 202 valence electrons. The third-order valence-electron chi connectivity index (χ3n) is 6.42. The van der Waals surface area contributed by atoms with Gasteiger partial charge in [-0.05, 0) is 56.2 Å². The van der Waals surface area contributed by atoms with Crippen molar-refractivity contribution < 1.29 is 33.0 Å². The van der Waals surface area contributed by atoms with Crippen LogP contribution in [0.15, 0.2) is 55.0 Å². The van der Waals surface area contributed by atoms with Gasteiger partial charge in [0, 0.05) is 36.0 Å². The van der Waals surface area contributed by atoms with Crippen molar-refractivity contribution in [1.82, 2.24) is 14.6 Å². The molecule has 2 heterocycles. The predicted molar refractivity (Wildman–Crippen MR) is 137 cm³/mol. The fraction of sp³-hybridized carbons (Fsp3) is 0.259. The van der Waals surface area contributed by atoms with Gasteiger partial charge in [-0.25, -0.2) is 13.3 Å². The molecule has 0 radical (unpaired) electrons. The van der Waals surface area contributed by atoms with Crippen LogP contribution in [0.2, 0.25) is 0 Å². The molecule has 1 saturated carbocycles. The smallest absolute Gasteiger partial charge is 0.247 e. The highest BCUT2D eigenvalue weighted by Crippen LogP contribution is 2.47. The summed E-state index contributed by atoms with van der Waals surface area (Å²) in [5, 5.41) is 18.3. The largest absolute Gasteiger partial charge is 0.492 e. The van der Waals surface area contributed by atoms with E-state index in [1.807, 2.05) is 0 Å². The number of benzene rings is 2. The summed E-state index contributed by atoms with van der Waals surface area (Å²) in [7, 11) is 0. The number of halogens is 2. The highest BCUT2D eigenvalue weighted by atomic mass is 19.1. The Hall–Kier alpha value is -4.58. The molecule has 0 aliphatic heterocycles. The van der Waals surface area contributed by atoms with Gasteiger partial charge in [0.1, 0.15) is 28.8 Å². The first-order valence-electron chi connectivity index (χ1n) is 12.2. The number of aromatic nitrogens is 3. The zero-order valence-electron chi connectivity index (χ0n) is 20.9. The van der Waals surface area contributed by atoms with Gasteiger partial charge in [0.15, 0.2) is 11.6 Å². The van der Waals surface area contributed by atoms with Crippen molar-refractivity contribution >= 4 is 28.7 Å². The van der Waals surface area contributed by atoms with Crippen LogP contribution in [0.1, 0.15) is 24.8 Å². The van der Waals surface area contributed by atoms with E-state index in [1.165, 1.54) is 47.2 Å². The number of rotatable bonds is 10. The molecule has 0 spiro atoms. The van der Waals surface area contributed by atoms with Crippen LogP contribution < -0.4 is 20.1 Å². The molecule has 0 saturated heterocycles. The molecule has 5 rings (SSSR count). The molecule has 2 aromatic heterocycles. The van der Waals surface area contributed by atoms with E-state index in [-0.39, 0.29) is 23.9 Å². The maximum atomic E-state index is 15.0. The molecule has 2 amide bonds. The number of fused-ring (bicyclic) bond motifs is 1. The highest BCUT2D eigenvalue weighted by Gasteiger charge is 2.56. The van der Waals surface area contributed by atoms with Crippen LogP contribution >= 0.6 is 0 Å². The maximum absolute atomic E-state index is 15.0. The van der Waals surface area contributed by atoms with E-state index >= 15 is 4.39 Å². The van der Waals surface area contributed by atoms with Crippen LogP contribution in [-0.4, -0.2) is 44.7 Å². The van der Waals surface area contributed by atoms with Gasteiger partial charge in [-0.15, -0.1) is 0 Å². The maximum Gasteiger partial charge on any atom is 0.247 e. The summed E-state index contributed by atoms with van der Waals surface area (Å²) in [6, 6.07) is 9.11. The summed E-state index contributed by atoms with van der Waals surface area (Å²) in [5.74, 6) is -1.77. The molecule has 3 N–H and O–H groups in total. The van der Waals surface area contributed by atoms with Crippen molar-refractivity contribution in [1.29, 1.82) is 0 Å². The normalized spacial score (nSPS) is 13.6. The molecule has 1 fully saturated rings. The second-order valence-corrected chi connectivity index (χ2v) is 9.15. The quantitative estimate of drug-likeness (QED) is 0.204. The zero-order chi connectivity index (χ0) is 27.6. The molecule has 1 aliphatic rings. The number of ether oxygens (including phenoxy) is 2. The summed E-state index contributed by atoms with van der Waals surface area (Å²) >= 11 is 0. The Morgan fingerprint density at radius 3 is 2.41 bits per heavy atom. The van der Waals surface area contributed by atoms with Gasteiger partial charge >= 0.3 is 0 Å². The summed E-state index contributed by atoms with van der Waals surface area (Å²) < 4.78 is 41.1. The number of hydrogen-bond donors (Lipinski definition) is 3. The van der Waals surface area contributed by atoms with Crippen LogP contribution in [0.5, 0.6) is 17.4 Å². The number of anilines is 2. The number of hydrogen-bond acceptors (Lipinski definition) is 7. The van der Waals surface area contributed by atoms with Crippen molar-refractivity contribution in [2.24, 2.45) is 5.41 Å². The van der Waals surface area contributed by atoms with Crippen molar-refractivity contribution in [3.05, 3.63) is 72.2 Å². The fourth-order valence-electron chi connectivity index (χ4n) is 4.05. The van der Waals surface area contributed by atoms with Crippen LogP contribution in [0.4, 0.5) is 20.2 Å². The standard InChI is InChI=1S/C27H25F2N5O5/c1-16-22(38-12-2-11-35)14-34-23(16)24(30-15-31-34)39-21-8-7-19(13-20(21)29)33-26(37)27(9-10-27)25(36)32-18-5-3-17(28)4-6-18/h3-8,13-15,35H,2,9-12H2,1H3,(H,32,36)(H,33,37). The topological polar surface area (TPSA) is 127 Å². The molecule has 2 aromatic carbocycles. The molecule has 4 aromatic rings. The number of carbonyl (C=O) groups excluding carboxylic acids is 2. The van der Waals surface area contributed by atoms with Crippen LogP contribution in [-0.2, 0) is 9.59 Å². The number of nitrogens with one attached hydrogen (secondary N) is 2. The van der Waals surface area contributed by atoms with Gasteiger partial charge in [0.2, 0.25) is 17.7 Å². The number of amides is 2. The number of carbonyl (C=O) groups is 2. The number of aliphatic hydroxyl groups excluding tert-OH is 1. The zero-order valence-corrected chi connectivity index (χ0v) is 20.9. The average Bonchev–Trinajstić information content (AvgIpc) is 3.67. The molecular formula is C27H25F2N5O5. The molecule has 10 nitrogen and oxygen atoms in total.